The fourth-order valence-corrected chi connectivity index (χ4v) is 3.11. The predicted molar refractivity (Wildman–Crippen MR) is 87.2 cm³/mol. The summed E-state index contributed by atoms with van der Waals surface area (Å²) in [6.45, 7) is 5.38. The first-order valence-corrected chi connectivity index (χ1v) is 8.03. The number of carbonyl (C=O) groups excluding carboxylic acids is 1. The lowest BCUT2D eigenvalue weighted by Crippen LogP contribution is -2.27. The van der Waals surface area contributed by atoms with E-state index in [1.807, 2.05) is 24.4 Å². The third kappa shape index (κ3) is 3.14. The van der Waals surface area contributed by atoms with E-state index >= 15 is 0 Å². The Morgan fingerprint density at radius 3 is 2.87 bits per heavy atom. The second kappa shape index (κ2) is 6.29. The molecule has 0 aliphatic carbocycles. The highest BCUT2D eigenvalue weighted by atomic mass is 32.1. The van der Waals surface area contributed by atoms with Crippen LogP contribution in [0.25, 0.3) is 11.3 Å². The molecular formula is C16H16N4O2S. The maximum absolute atomic E-state index is 12.4. The first kappa shape index (κ1) is 15.4. The molecule has 3 heterocycles. The monoisotopic (exact) mass is 328 g/mol. The maximum Gasteiger partial charge on any atom is 0.257 e. The zero-order chi connectivity index (χ0) is 16.4. The first-order chi connectivity index (χ1) is 11.1. The normalized spacial score (nSPS) is 12.1. The standard InChI is InChI=1S/C16H16N4O2S/c1-9-14(11(3)22-20-9)15(21)18-10(2)16-19-13(8-23-16)12-5-4-6-17-7-12/h4-8,10H,1-3H3,(H,18,21). The van der Waals surface area contributed by atoms with Crippen LogP contribution in [0.2, 0.25) is 0 Å². The van der Waals surface area contributed by atoms with Crippen molar-refractivity contribution in [2.75, 3.05) is 0 Å². The van der Waals surface area contributed by atoms with Crippen molar-refractivity contribution in [1.82, 2.24) is 20.4 Å². The van der Waals surface area contributed by atoms with Crippen LogP contribution < -0.4 is 5.32 Å². The smallest absolute Gasteiger partial charge is 0.257 e. The molecule has 6 nitrogen and oxygen atoms in total. The SMILES string of the molecule is Cc1noc(C)c1C(=O)NC(C)c1nc(-c2cccnc2)cs1. The zero-order valence-electron chi connectivity index (χ0n) is 13.0. The molecule has 0 aliphatic heterocycles. The molecule has 0 saturated heterocycles. The Bertz CT molecular complexity index is 806. The molecule has 7 heteroatoms. The molecule has 0 radical (unpaired) electrons. The Kier molecular flexibility index (Phi) is 4.20. The summed E-state index contributed by atoms with van der Waals surface area (Å²) in [5.41, 5.74) is 2.89. The van der Waals surface area contributed by atoms with Crippen LogP contribution in [0.3, 0.4) is 0 Å². The number of carbonyl (C=O) groups is 1. The molecule has 1 atom stereocenters. The highest BCUT2D eigenvalue weighted by molar-refractivity contribution is 7.10. The van der Waals surface area contributed by atoms with Gasteiger partial charge >= 0.3 is 0 Å². The number of amides is 1. The molecule has 0 fully saturated rings. The van der Waals surface area contributed by atoms with Crippen molar-refractivity contribution in [1.29, 1.82) is 0 Å². The first-order valence-electron chi connectivity index (χ1n) is 7.16. The van der Waals surface area contributed by atoms with E-state index in [0.29, 0.717) is 17.0 Å². The summed E-state index contributed by atoms with van der Waals surface area (Å²) in [5.74, 6) is 0.314. The fourth-order valence-electron chi connectivity index (χ4n) is 2.27. The van der Waals surface area contributed by atoms with E-state index in [9.17, 15) is 4.79 Å². The molecule has 118 valence electrons. The van der Waals surface area contributed by atoms with E-state index in [0.717, 1.165) is 16.3 Å². The Balaban J connectivity index is 1.75. The molecular weight excluding hydrogens is 312 g/mol. The molecule has 0 spiro atoms. The lowest BCUT2D eigenvalue weighted by Gasteiger charge is -2.10. The second-order valence-electron chi connectivity index (χ2n) is 5.21. The van der Waals surface area contributed by atoms with Crippen LogP contribution in [0, 0.1) is 13.8 Å². The number of aryl methyl sites for hydroxylation is 2. The third-order valence-electron chi connectivity index (χ3n) is 3.46. The number of pyridine rings is 1. The van der Waals surface area contributed by atoms with Gasteiger partial charge in [-0.25, -0.2) is 4.98 Å². The molecule has 1 unspecified atom stereocenters. The molecule has 3 rings (SSSR count). The molecule has 3 aromatic rings. The molecule has 3 aromatic heterocycles. The van der Waals surface area contributed by atoms with Gasteiger partial charge in [-0.2, -0.15) is 0 Å². The van der Waals surface area contributed by atoms with Crippen molar-refractivity contribution in [2.45, 2.75) is 26.8 Å². The van der Waals surface area contributed by atoms with Crippen molar-refractivity contribution in [3.63, 3.8) is 0 Å². The van der Waals surface area contributed by atoms with Gasteiger partial charge < -0.3 is 9.84 Å². The number of nitrogens with one attached hydrogen (secondary N) is 1. The van der Waals surface area contributed by atoms with Gasteiger partial charge in [0.05, 0.1) is 17.4 Å². The van der Waals surface area contributed by atoms with Gasteiger partial charge in [-0.3, -0.25) is 9.78 Å². The van der Waals surface area contributed by atoms with E-state index in [1.54, 1.807) is 26.2 Å². The molecule has 0 aliphatic rings. The Hall–Kier alpha value is -2.54. The van der Waals surface area contributed by atoms with Crippen LogP contribution in [0.5, 0.6) is 0 Å². The summed E-state index contributed by atoms with van der Waals surface area (Å²) in [7, 11) is 0. The van der Waals surface area contributed by atoms with Gasteiger partial charge in [0, 0.05) is 23.3 Å². The maximum atomic E-state index is 12.4. The fraction of sp³-hybridized carbons (Fsp3) is 0.250. The van der Waals surface area contributed by atoms with Crippen LogP contribution in [0.15, 0.2) is 34.4 Å². The second-order valence-corrected chi connectivity index (χ2v) is 6.10. The molecule has 1 amide bonds. The van der Waals surface area contributed by atoms with Gasteiger partial charge in [-0.1, -0.05) is 5.16 Å². The summed E-state index contributed by atoms with van der Waals surface area (Å²) in [6, 6.07) is 3.63. The Morgan fingerprint density at radius 1 is 1.39 bits per heavy atom. The molecule has 0 bridgehead atoms. The molecule has 0 aromatic carbocycles. The summed E-state index contributed by atoms with van der Waals surface area (Å²) in [6.07, 6.45) is 3.50. The largest absolute Gasteiger partial charge is 0.361 e. The van der Waals surface area contributed by atoms with Crippen molar-refractivity contribution in [2.24, 2.45) is 0 Å². The van der Waals surface area contributed by atoms with Gasteiger partial charge in [0.25, 0.3) is 5.91 Å². The van der Waals surface area contributed by atoms with Gasteiger partial charge in [-0.05, 0) is 32.9 Å². The number of nitrogens with zero attached hydrogens (tertiary/aromatic N) is 3. The Labute approximate surface area is 137 Å². The summed E-state index contributed by atoms with van der Waals surface area (Å²) >= 11 is 1.51. The van der Waals surface area contributed by atoms with E-state index in [-0.39, 0.29) is 11.9 Å². The van der Waals surface area contributed by atoms with Crippen LogP contribution in [-0.2, 0) is 0 Å². The van der Waals surface area contributed by atoms with Crippen molar-refractivity contribution in [3.8, 4) is 11.3 Å². The lowest BCUT2D eigenvalue weighted by molar-refractivity contribution is 0.0938. The van der Waals surface area contributed by atoms with Crippen LogP contribution >= 0.6 is 11.3 Å². The van der Waals surface area contributed by atoms with Crippen LogP contribution in [0.1, 0.15) is 39.8 Å². The minimum absolute atomic E-state index is 0.202. The lowest BCUT2D eigenvalue weighted by atomic mass is 10.2. The summed E-state index contributed by atoms with van der Waals surface area (Å²) < 4.78 is 5.03. The average molecular weight is 328 g/mol. The quantitative estimate of drug-likeness (QED) is 0.794. The number of hydrogen-bond acceptors (Lipinski definition) is 6. The van der Waals surface area contributed by atoms with E-state index < -0.39 is 0 Å². The van der Waals surface area contributed by atoms with Gasteiger partial charge in [-0.15, -0.1) is 11.3 Å². The topological polar surface area (TPSA) is 80.9 Å². The van der Waals surface area contributed by atoms with Crippen molar-refractivity contribution in [3.05, 3.63) is 51.9 Å². The minimum atomic E-state index is -0.202. The Morgan fingerprint density at radius 2 is 2.22 bits per heavy atom. The number of rotatable bonds is 4. The summed E-state index contributed by atoms with van der Waals surface area (Å²) in [4.78, 5) is 21.0. The highest BCUT2D eigenvalue weighted by Gasteiger charge is 2.21. The minimum Gasteiger partial charge on any atom is -0.361 e. The molecule has 23 heavy (non-hydrogen) atoms. The average Bonchev–Trinajstić information content (AvgIpc) is 3.15. The zero-order valence-corrected chi connectivity index (χ0v) is 13.8. The number of hydrogen-bond donors (Lipinski definition) is 1. The number of thiazole rings is 1. The number of aromatic nitrogens is 3. The van der Waals surface area contributed by atoms with Crippen LogP contribution in [0.4, 0.5) is 0 Å². The highest BCUT2D eigenvalue weighted by Crippen LogP contribution is 2.25. The van der Waals surface area contributed by atoms with Gasteiger partial charge in [0.2, 0.25) is 0 Å². The third-order valence-corrected chi connectivity index (χ3v) is 4.49. The van der Waals surface area contributed by atoms with Crippen molar-refractivity contribution >= 4 is 17.2 Å². The molecule has 0 saturated carbocycles. The van der Waals surface area contributed by atoms with Crippen LogP contribution in [-0.4, -0.2) is 21.0 Å². The van der Waals surface area contributed by atoms with E-state index in [2.05, 4.69) is 20.4 Å². The van der Waals surface area contributed by atoms with Gasteiger partial charge in [0.1, 0.15) is 16.3 Å². The van der Waals surface area contributed by atoms with Gasteiger partial charge in [0.15, 0.2) is 0 Å². The van der Waals surface area contributed by atoms with Crippen molar-refractivity contribution < 1.29 is 9.32 Å². The molecule has 1 N–H and O–H groups in total. The predicted octanol–water partition coefficient (Wildman–Crippen LogP) is 3.30. The summed E-state index contributed by atoms with van der Waals surface area (Å²) in [5, 5.41) is 9.54. The van der Waals surface area contributed by atoms with E-state index in [4.69, 9.17) is 4.52 Å². The van der Waals surface area contributed by atoms with E-state index in [1.165, 1.54) is 11.3 Å².